The van der Waals surface area contributed by atoms with Crippen molar-refractivity contribution in [3.63, 3.8) is 0 Å². The van der Waals surface area contributed by atoms with Crippen LogP contribution in [-0.4, -0.2) is 31.3 Å². The van der Waals surface area contributed by atoms with Crippen LogP contribution in [0.25, 0.3) is 0 Å². The highest BCUT2D eigenvalue weighted by Crippen LogP contribution is 2.26. The number of hydrogen-bond acceptors (Lipinski definition) is 5. The molecule has 0 saturated carbocycles. The summed E-state index contributed by atoms with van der Waals surface area (Å²) in [6.45, 7) is 7.41. The molecular formula is C18H24O5. The Bertz CT molecular complexity index is 530. The van der Waals surface area contributed by atoms with Gasteiger partial charge >= 0.3 is 5.97 Å². The van der Waals surface area contributed by atoms with E-state index in [1.165, 1.54) is 13.0 Å². The molecule has 0 N–H and O–H groups in total. The summed E-state index contributed by atoms with van der Waals surface area (Å²) in [6.07, 6.45) is -0.133. The van der Waals surface area contributed by atoms with Gasteiger partial charge in [-0.1, -0.05) is 30.3 Å². The molecule has 1 atom stereocenters. The average Bonchev–Trinajstić information content (AvgIpc) is 2.53. The fourth-order valence-electron chi connectivity index (χ4n) is 2.10. The summed E-state index contributed by atoms with van der Waals surface area (Å²) >= 11 is 0. The van der Waals surface area contributed by atoms with Gasteiger partial charge in [0.15, 0.2) is 0 Å². The van der Waals surface area contributed by atoms with Gasteiger partial charge in [-0.25, -0.2) is 0 Å². The molecule has 0 aliphatic heterocycles. The maximum absolute atomic E-state index is 12.3. The Kier molecular flexibility index (Phi) is 8.22. The number of esters is 1. The highest BCUT2D eigenvalue weighted by atomic mass is 16.7. The van der Waals surface area contributed by atoms with Gasteiger partial charge in [0, 0.05) is 20.1 Å². The van der Waals surface area contributed by atoms with Crippen LogP contribution < -0.4 is 0 Å². The minimum atomic E-state index is -0.936. The lowest BCUT2D eigenvalue weighted by molar-refractivity contribution is -0.163. The van der Waals surface area contributed by atoms with Crippen molar-refractivity contribution in [2.24, 2.45) is 0 Å². The van der Waals surface area contributed by atoms with E-state index in [2.05, 4.69) is 0 Å². The Morgan fingerprint density at radius 3 is 2.09 bits per heavy atom. The summed E-state index contributed by atoms with van der Waals surface area (Å²) in [7, 11) is 0. The first kappa shape index (κ1) is 19.1. The molecule has 126 valence electrons. The molecular weight excluding hydrogens is 296 g/mol. The van der Waals surface area contributed by atoms with Gasteiger partial charge in [0.2, 0.25) is 12.1 Å². The lowest BCUT2D eigenvalue weighted by Gasteiger charge is -2.19. The monoisotopic (exact) mass is 320 g/mol. The largest absolute Gasteiger partial charge is 0.453 e. The molecule has 0 fully saturated rings. The van der Waals surface area contributed by atoms with Gasteiger partial charge in [0.25, 0.3) is 0 Å². The molecule has 1 aromatic carbocycles. The Balaban J connectivity index is 3.00. The lowest BCUT2D eigenvalue weighted by atomic mass is 10.0. The van der Waals surface area contributed by atoms with Crippen LogP contribution in [0.3, 0.4) is 0 Å². The number of rotatable bonds is 9. The molecule has 0 saturated heterocycles. The topological polar surface area (TPSA) is 61.8 Å². The van der Waals surface area contributed by atoms with Gasteiger partial charge in [-0.05, 0) is 38.0 Å². The van der Waals surface area contributed by atoms with E-state index in [0.717, 1.165) is 5.56 Å². The second kappa shape index (κ2) is 9.92. The summed E-state index contributed by atoms with van der Waals surface area (Å²) in [4.78, 5) is 23.7. The Hall–Kier alpha value is -1.98. The first-order chi connectivity index (χ1) is 11.0. The molecule has 23 heavy (non-hydrogen) atoms. The maximum Gasteiger partial charge on any atom is 0.303 e. The molecule has 0 aliphatic rings. The predicted molar refractivity (Wildman–Crippen MR) is 86.8 cm³/mol. The maximum atomic E-state index is 12.3. The van der Waals surface area contributed by atoms with Crippen LogP contribution in [0, 0.1) is 0 Å². The quantitative estimate of drug-likeness (QED) is 0.397. The Labute approximate surface area is 137 Å². The lowest BCUT2D eigenvalue weighted by Crippen LogP contribution is -2.26. The molecule has 5 heteroatoms. The molecule has 5 nitrogen and oxygen atoms in total. The predicted octanol–water partition coefficient (Wildman–Crippen LogP) is 3.21. The van der Waals surface area contributed by atoms with Crippen LogP contribution in [0.4, 0.5) is 0 Å². The van der Waals surface area contributed by atoms with Crippen molar-refractivity contribution in [3.05, 3.63) is 47.5 Å². The van der Waals surface area contributed by atoms with Crippen LogP contribution in [-0.2, 0) is 23.8 Å². The highest BCUT2D eigenvalue weighted by molar-refractivity contribution is 5.93. The van der Waals surface area contributed by atoms with Gasteiger partial charge in [-0.15, -0.1) is 0 Å². The molecule has 0 spiro atoms. The minimum absolute atomic E-state index is 0.306. The minimum Gasteiger partial charge on any atom is -0.453 e. The zero-order valence-electron chi connectivity index (χ0n) is 14.1. The van der Waals surface area contributed by atoms with E-state index in [1.54, 1.807) is 20.8 Å². The van der Waals surface area contributed by atoms with Gasteiger partial charge in [0.05, 0.1) is 0 Å². The van der Waals surface area contributed by atoms with Gasteiger partial charge < -0.3 is 14.2 Å². The third-order valence-electron chi connectivity index (χ3n) is 3.04. The van der Waals surface area contributed by atoms with Crippen LogP contribution in [0.15, 0.2) is 42.0 Å². The summed E-state index contributed by atoms with van der Waals surface area (Å²) < 4.78 is 15.9. The van der Waals surface area contributed by atoms with E-state index in [9.17, 15) is 9.59 Å². The van der Waals surface area contributed by atoms with Crippen molar-refractivity contribution in [3.8, 4) is 0 Å². The molecule has 0 amide bonds. The summed E-state index contributed by atoms with van der Waals surface area (Å²) in [6, 6.07) is 9.27. The SMILES string of the molecule is CCOC(OCC)C(=O)/C=C(\C)C(OC(C)=O)c1ccccc1. The van der Waals surface area contributed by atoms with E-state index in [0.29, 0.717) is 18.8 Å². The number of benzene rings is 1. The highest BCUT2D eigenvalue weighted by Gasteiger charge is 2.21. The van der Waals surface area contributed by atoms with Crippen LogP contribution >= 0.6 is 0 Å². The van der Waals surface area contributed by atoms with Crippen molar-refractivity contribution in [2.75, 3.05) is 13.2 Å². The summed E-state index contributed by atoms with van der Waals surface area (Å²) in [5.41, 5.74) is 1.41. The van der Waals surface area contributed by atoms with Gasteiger partial charge in [-0.3, -0.25) is 9.59 Å². The first-order valence-electron chi connectivity index (χ1n) is 7.67. The normalized spacial score (nSPS) is 13.0. The summed E-state index contributed by atoms with van der Waals surface area (Å²) in [5, 5.41) is 0. The molecule has 0 aromatic heterocycles. The third kappa shape index (κ3) is 6.34. The standard InChI is InChI=1S/C18H24O5/c1-5-21-18(22-6-2)16(20)12-13(3)17(23-14(4)19)15-10-8-7-9-11-15/h7-12,17-18H,5-6H2,1-4H3/b13-12+. The average molecular weight is 320 g/mol. The van der Waals surface area contributed by atoms with Gasteiger partial charge in [-0.2, -0.15) is 0 Å². The number of carbonyl (C=O) groups excluding carboxylic acids is 2. The van der Waals surface area contributed by atoms with Crippen molar-refractivity contribution in [2.45, 2.75) is 40.1 Å². The molecule has 0 bridgehead atoms. The molecule has 0 heterocycles. The third-order valence-corrected chi connectivity index (χ3v) is 3.04. The van der Waals surface area contributed by atoms with Crippen LogP contribution in [0.5, 0.6) is 0 Å². The molecule has 0 aliphatic carbocycles. The Morgan fingerprint density at radius 1 is 1.04 bits per heavy atom. The number of carbonyl (C=O) groups is 2. The Morgan fingerprint density at radius 2 is 1.61 bits per heavy atom. The van der Waals surface area contributed by atoms with E-state index in [-0.39, 0.29) is 5.78 Å². The summed E-state index contributed by atoms with van der Waals surface area (Å²) in [5.74, 6) is -0.718. The number of hydrogen-bond donors (Lipinski definition) is 0. The van der Waals surface area contributed by atoms with E-state index < -0.39 is 18.4 Å². The zero-order valence-corrected chi connectivity index (χ0v) is 14.1. The van der Waals surface area contributed by atoms with Crippen LogP contribution in [0.2, 0.25) is 0 Å². The molecule has 1 unspecified atom stereocenters. The zero-order chi connectivity index (χ0) is 17.2. The fraction of sp³-hybridized carbons (Fsp3) is 0.444. The van der Waals surface area contributed by atoms with Crippen molar-refractivity contribution in [1.82, 2.24) is 0 Å². The van der Waals surface area contributed by atoms with E-state index in [1.807, 2.05) is 30.3 Å². The van der Waals surface area contributed by atoms with Crippen LogP contribution in [0.1, 0.15) is 39.4 Å². The molecule has 1 aromatic rings. The van der Waals surface area contributed by atoms with Crippen molar-refractivity contribution in [1.29, 1.82) is 0 Å². The van der Waals surface area contributed by atoms with E-state index in [4.69, 9.17) is 14.2 Å². The van der Waals surface area contributed by atoms with Crippen molar-refractivity contribution < 1.29 is 23.8 Å². The number of ether oxygens (including phenoxy) is 3. The second-order valence-electron chi connectivity index (χ2n) is 4.93. The molecule has 1 rings (SSSR count). The van der Waals surface area contributed by atoms with Crippen molar-refractivity contribution >= 4 is 11.8 Å². The smallest absolute Gasteiger partial charge is 0.303 e. The first-order valence-corrected chi connectivity index (χ1v) is 7.67. The van der Waals surface area contributed by atoms with E-state index >= 15 is 0 Å². The van der Waals surface area contributed by atoms with Gasteiger partial charge in [0.1, 0.15) is 6.10 Å². The number of ketones is 1. The fourth-order valence-corrected chi connectivity index (χ4v) is 2.10. The second-order valence-corrected chi connectivity index (χ2v) is 4.93. The molecule has 0 radical (unpaired) electrons.